The summed E-state index contributed by atoms with van der Waals surface area (Å²) < 4.78 is 32.7. The van der Waals surface area contributed by atoms with Crippen LogP contribution < -0.4 is 10.0 Å². The Morgan fingerprint density at radius 2 is 1.73 bits per heavy atom. The van der Waals surface area contributed by atoms with E-state index in [1.807, 2.05) is 42.5 Å². The molecule has 0 atom stereocenters. The van der Waals surface area contributed by atoms with E-state index in [9.17, 15) is 8.42 Å². The smallest absolute Gasteiger partial charge is 0.263 e. The normalized spacial score (nSPS) is 12.6. The highest BCUT2D eigenvalue weighted by molar-refractivity contribution is 7.92. The van der Waals surface area contributed by atoms with Gasteiger partial charge in [0, 0.05) is 50.2 Å². The standard InChI is InChI=1S/C28H20Cl2N6O3S/c1-16-12-25(35-39-16)36-40(37,38)20-9-7-19(8-10-20)33-28-32-15-17-14-31-27(22-4-2-3-5-24(22)30)23-13-18(29)6-11-21(23)26(17)34-28/h2-13,15H,14H2,1H3,(H,35,36)(H,32,33,34). The highest BCUT2D eigenvalue weighted by atomic mass is 35.5. The Bertz CT molecular complexity index is 1890. The number of rotatable bonds is 6. The van der Waals surface area contributed by atoms with E-state index in [1.165, 1.54) is 18.2 Å². The Hall–Kier alpha value is -4.25. The van der Waals surface area contributed by atoms with Gasteiger partial charge in [-0.2, -0.15) is 0 Å². The molecule has 12 heteroatoms. The molecule has 0 fully saturated rings. The summed E-state index contributed by atoms with van der Waals surface area (Å²) in [5, 5.41) is 7.98. The fraction of sp³-hybridized carbons (Fsp3) is 0.0714. The third kappa shape index (κ3) is 5.16. The molecule has 0 saturated heterocycles. The molecule has 0 saturated carbocycles. The first-order valence-corrected chi connectivity index (χ1v) is 14.3. The lowest BCUT2D eigenvalue weighted by Gasteiger charge is -2.13. The van der Waals surface area contributed by atoms with Crippen molar-refractivity contribution >= 4 is 56.4 Å². The molecule has 0 bridgehead atoms. The molecule has 40 heavy (non-hydrogen) atoms. The molecule has 1 aliphatic rings. The summed E-state index contributed by atoms with van der Waals surface area (Å²) in [6.45, 7) is 2.03. The lowest BCUT2D eigenvalue weighted by atomic mass is 9.95. The minimum Gasteiger partial charge on any atom is -0.360 e. The number of benzene rings is 3. The van der Waals surface area contributed by atoms with Crippen LogP contribution in [0, 0.1) is 6.92 Å². The first-order valence-electron chi connectivity index (χ1n) is 12.1. The fourth-order valence-electron chi connectivity index (χ4n) is 4.33. The molecule has 0 aliphatic carbocycles. The maximum Gasteiger partial charge on any atom is 0.263 e. The molecule has 0 radical (unpaired) electrons. The van der Waals surface area contributed by atoms with Crippen molar-refractivity contribution in [2.24, 2.45) is 4.99 Å². The molecule has 2 aromatic heterocycles. The number of halogens is 2. The average Bonchev–Trinajstić information content (AvgIpc) is 3.27. The van der Waals surface area contributed by atoms with Crippen LogP contribution in [-0.4, -0.2) is 29.3 Å². The van der Waals surface area contributed by atoms with E-state index in [-0.39, 0.29) is 10.7 Å². The Labute approximate surface area is 240 Å². The van der Waals surface area contributed by atoms with Gasteiger partial charge in [-0.3, -0.25) is 9.71 Å². The predicted octanol–water partition coefficient (Wildman–Crippen LogP) is 6.64. The van der Waals surface area contributed by atoms with E-state index in [2.05, 4.69) is 20.2 Å². The molecule has 9 nitrogen and oxygen atoms in total. The molecule has 6 rings (SSSR count). The quantitative estimate of drug-likeness (QED) is 0.227. The van der Waals surface area contributed by atoms with Gasteiger partial charge >= 0.3 is 0 Å². The topological polar surface area (TPSA) is 122 Å². The van der Waals surface area contributed by atoms with Gasteiger partial charge in [-0.05, 0) is 49.4 Å². The number of sulfonamides is 1. The van der Waals surface area contributed by atoms with Gasteiger partial charge in [-0.1, -0.05) is 52.6 Å². The van der Waals surface area contributed by atoms with Crippen LogP contribution in [0.25, 0.3) is 11.3 Å². The van der Waals surface area contributed by atoms with Crippen molar-refractivity contribution in [2.45, 2.75) is 18.4 Å². The maximum atomic E-state index is 12.7. The second kappa shape index (κ2) is 10.4. The Morgan fingerprint density at radius 3 is 2.48 bits per heavy atom. The van der Waals surface area contributed by atoms with Crippen LogP contribution in [0.3, 0.4) is 0 Å². The first-order chi connectivity index (χ1) is 19.3. The van der Waals surface area contributed by atoms with Crippen molar-refractivity contribution < 1.29 is 12.9 Å². The summed E-state index contributed by atoms with van der Waals surface area (Å²) >= 11 is 12.9. The highest BCUT2D eigenvalue weighted by Gasteiger charge is 2.23. The molecular weight excluding hydrogens is 571 g/mol. The Balaban J connectivity index is 1.30. The number of anilines is 3. The Kier molecular flexibility index (Phi) is 6.75. The summed E-state index contributed by atoms with van der Waals surface area (Å²) in [6.07, 6.45) is 1.73. The van der Waals surface area contributed by atoms with Crippen LogP contribution in [0.1, 0.15) is 22.5 Å². The summed E-state index contributed by atoms with van der Waals surface area (Å²) in [7, 11) is -3.84. The number of hydrogen-bond donors (Lipinski definition) is 2. The van der Waals surface area contributed by atoms with Crippen LogP contribution in [0.15, 0.2) is 93.4 Å². The second-order valence-electron chi connectivity index (χ2n) is 8.98. The van der Waals surface area contributed by atoms with Crippen molar-refractivity contribution in [3.8, 4) is 11.3 Å². The van der Waals surface area contributed by atoms with Gasteiger partial charge in [-0.15, -0.1) is 0 Å². The largest absolute Gasteiger partial charge is 0.360 e. The van der Waals surface area contributed by atoms with Gasteiger partial charge in [0.05, 0.1) is 22.8 Å². The fourth-order valence-corrected chi connectivity index (χ4v) is 5.71. The number of aromatic nitrogens is 3. The van der Waals surface area contributed by atoms with Crippen LogP contribution in [0.5, 0.6) is 0 Å². The molecule has 2 N–H and O–H groups in total. The van der Waals surface area contributed by atoms with Crippen molar-refractivity contribution in [3.63, 3.8) is 0 Å². The van der Waals surface area contributed by atoms with Gasteiger partial charge < -0.3 is 9.84 Å². The van der Waals surface area contributed by atoms with Gasteiger partial charge in [0.2, 0.25) is 5.95 Å². The first kappa shape index (κ1) is 26.0. The predicted molar refractivity (Wildman–Crippen MR) is 155 cm³/mol. The lowest BCUT2D eigenvalue weighted by molar-refractivity contribution is 0.400. The van der Waals surface area contributed by atoms with Crippen LogP contribution in [-0.2, 0) is 16.6 Å². The van der Waals surface area contributed by atoms with E-state index in [1.54, 1.807) is 25.3 Å². The minimum atomic E-state index is -3.84. The number of aryl methyl sites for hydroxylation is 1. The number of nitrogens with one attached hydrogen (secondary N) is 2. The molecule has 200 valence electrons. The zero-order chi connectivity index (χ0) is 27.9. The Morgan fingerprint density at radius 1 is 0.925 bits per heavy atom. The van der Waals surface area contributed by atoms with Gasteiger partial charge in [0.1, 0.15) is 5.76 Å². The number of nitrogens with zero attached hydrogens (tertiary/aromatic N) is 4. The molecule has 0 spiro atoms. The number of fused-ring (bicyclic) bond motifs is 3. The second-order valence-corrected chi connectivity index (χ2v) is 11.5. The SMILES string of the molecule is Cc1cc(NS(=O)(=O)c2ccc(Nc3ncc4c(n3)-c3ccc(Cl)cc3C(c3ccccc3Cl)=NC4)cc2)no1. The van der Waals surface area contributed by atoms with Crippen molar-refractivity contribution in [3.05, 3.63) is 111 Å². The molecular formula is C28H20Cl2N6O3S. The van der Waals surface area contributed by atoms with E-state index in [4.69, 9.17) is 37.7 Å². The summed E-state index contributed by atoms with van der Waals surface area (Å²) in [5.74, 6) is 0.948. The highest BCUT2D eigenvalue weighted by Crippen LogP contribution is 2.35. The van der Waals surface area contributed by atoms with E-state index >= 15 is 0 Å². The molecule has 3 aromatic carbocycles. The molecule has 0 unspecified atom stereocenters. The molecule has 3 heterocycles. The van der Waals surface area contributed by atoms with Crippen LogP contribution >= 0.6 is 23.2 Å². The monoisotopic (exact) mass is 590 g/mol. The minimum absolute atomic E-state index is 0.0663. The number of hydrogen-bond acceptors (Lipinski definition) is 8. The van der Waals surface area contributed by atoms with Crippen molar-refractivity contribution in [1.29, 1.82) is 0 Å². The zero-order valence-electron chi connectivity index (χ0n) is 20.9. The van der Waals surface area contributed by atoms with Gasteiger partial charge in [0.25, 0.3) is 10.0 Å². The summed E-state index contributed by atoms with van der Waals surface area (Å²) in [4.78, 5) is 14.2. The average molecular weight is 591 g/mol. The zero-order valence-corrected chi connectivity index (χ0v) is 23.2. The van der Waals surface area contributed by atoms with E-state index in [0.29, 0.717) is 39.7 Å². The molecule has 1 aliphatic heterocycles. The van der Waals surface area contributed by atoms with Crippen LogP contribution in [0.2, 0.25) is 10.0 Å². The molecule has 5 aromatic rings. The third-order valence-electron chi connectivity index (χ3n) is 6.18. The summed E-state index contributed by atoms with van der Waals surface area (Å²) in [6, 6.07) is 20.8. The van der Waals surface area contributed by atoms with Crippen LogP contribution in [0.4, 0.5) is 17.5 Å². The summed E-state index contributed by atoms with van der Waals surface area (Å²) in [5.41, 5.74) is 5.34. The lowest BCUT2D eigenvalue weighted by Crippen LogP contribution is -2.13. The van der Waals surface area contributed by atoms with Gasteiger partial charge in [0.15, 0.2) is 5.82 Å². The van der Waals surface area contributed by atoms with Crippen molar-refractivity contribution in [2.75, 3.05) is 10.0 Å². The number of aliphatic imine (C=N–C) groups is 1. The van der Waals surface area contributed by atoms with Crippen molar-refractivity contribution in [1.82, 2.24) is 15.1 Å². The van der Waals surface area contributed by atoms with E-state index in [0.717, 1.165) is 28.0 Å². The molecule has 0 amide bonds. The third-order valence-corrected chi connectivity index (χ3v) is 8.12. The van der Waals surface area contributed by atoms with E-state index < -0.39 is 10.0 Å². The van der Waals surface area contributed by atoms with Gasteiger partial charge in [-0.25, -0.2) is 18.4 Å². The maximum absolute atomic E-state index is 12.7.